The number of benzene rings is 2. The Morgan fingerprint density at radius 2 is 1.75 bits per heavy atom. The van der Waals surface area contributed by atoms with E-state index >= 15 is 0 Å². The minimum absolute atomic E-state index is 0.181. The molecule has 2 aromatic carbocycles. The van der Waals surface area contributed by atoms with Crippen molar-refractivity contribution in [3.8, 4) is 0 Å². The molecule has 0 amide bonds. The molecule has 0 heterocycles. The third-order valence-corrected chi connectivity index (χ3v) is 4.34. The smallest absolute Gasteiger partial charge is 0.124 e. The van der Waals surface area contributed by atoms with Crippen molar-refractivity contribution < 1.29 is 4.39 Å². The number of likely N-dealkylation sites (N-methyl/N-ethyl adjacent to an activating group) is 1. The summed E-state index contributed by atoms with van der Waals surface area (Å²) in [4.78, 5) is 0. The van der Waals surface area contributed by atoms with Crippen molar-refractivity contribution in [3.63, 3.8) is 0 Å². The largest absolute Gasteiger partial charge is 0.313 e. The van der Waals surface area contributed by atoms with E-state index in [9.17, 15) is 4.39 Å². The van der Waals surface area contributed by atoms with Gasteiger partial charge in [-0.05, 0) is 73.2 Å². The fraction of sp³-hybridized carbons (Fsp3) is 0.294. The number of halogens is 2. The molecule has 0 aromatic heterocycles. The molecule has 0 aliphatic carbocycles. The summed E-state index contributed by atoms with van der Waals surface area (Å²) < 4.78 is 14.2. The molecule has 2 rings (SSSR count). The lowest BCUT2D eigenvalue weighted by Gasteiger charge is -2.19. The highest BCUT2D eigenvalue weighted by Gasteiger charge is 2.14. The summed E-state index contributed by atoms with van der Waals surface area (Å²) in [5.41, 5.74) is 5.02. The Morgan fingerprint density at radius 3 is 2.30 bits per heavy atom. The predicted octanol–water partition coefficient (Wildman–Crippen LogP) is 4.55. The second-order valence-electron chi connectivity index (χ2n) is 5.21. The molecule has 1 nitrogen and oxygen atoms in total. The van der Waals surface area contributed by atoms with Crippen LogP contribution in [0.4, 0.5) is 4.39 Å². The molecule has 106 valence electrons. The molecule has 1 N–H and O–H groups in total. The second-order valence-corrected chi connectivity index (χ2v) is 6.37. The molecular weight excluding hydrogens is 364 g/mol. The van der Waals surface area contributed by atoms with Crippen LogP contribution in [0.25, 0.3) is 0 Å². The summed E-state index contributed by atoms with van der Waals surface area (Å²) in [6.45, 7) is 4.24. The molecule has 1 atom stereocenters. The van der Waals surface area contributed by atoms with Crippen LogP contribution in [0.15, 0.2) is 36.4 Å². The van der Waals surface area contributed by atoms with Crippen LogP contribution >= 0.6 is 22.6 Å². The zero-order chi connectivity index (χ0) is 14.7. The van der Waals surface area contributed by atoms with Crippen molar-refractivity contribution >= 4 is 22.6 Å². The van der Waals surface area contributed by atoms with Crippen LogP contribution in [0.2, 0.25) is 0 Å². The number of hydrogen-bond donors (Lipinski definition) is 1. The lowest BCUT2D eigenvalue weighted by molar-refractivity contribution is 0.582. The molecule has 2 aromatic rings. The van der Waals surface area contributed by atoms with Crippen molar-refractivity contribution in [1.82, 2.24) is 5.32 Å². The molecular formula is C17H19FIN. The van der Waals surface area contributed by atoms with Gasteiger partial charge < -0.3 is 5.32 Å². The molecule has 20 heavy (non-hydrogen) atoms. The summed E-state index contributed by atoms with van der Waals surface area (Å²) >= 11 is 2.20. The minimum atomic E-state index is -0.181. The molecule has 0 saturated heterocycles. The zero-order valence-corrected chi connectivity index (χ0v) is 14.2. The van der Waals surface area contributed by atoms with E-state index in [0.717, 1.165) is 15.6 Å². The van der Waals surface area contributed by atoms with E-state index in [4.69, 9.17) is 0 Å². The van der Waals surface area contributed by atoms with E-state index in [2.05, 4.69) is 60.0 Å². The average Bonchev–Trinajstić information content (AvgIpc) is 2.35. The third-order valence-electron chi connectivity index (χ3n) is 3.41. The van der Waals surface area contributed by atoms with Crippen molar-refractivity contribution in [2.75, 3.05) is 7.05 Å². The molecule has 1 unspecified atom stereocenters. The molecule has 0 saturated carbocycles. The first-order chi connectivity index (χ1) is 9.49. The van der Waals surface area contributed by atoms with Gasteiger partial charge in [0.05, 0.1) is 0 Å². The monoisotopic (exact) mass is 383 g/mol. The van der Waals surface area contributed by atoms with Crippen LogP contribution in [-0.2, 0) is 6.42 Å². The SMILES string of the molecule is CNC(Cc1cc(C)cc(C)c1)c1ccc(F)cc1I. The Labute approximate surface area is 133 Å². The van der Waals surface area contributed by atoms with Crippen molar-refractivity contribution in [1.29, 1.82) is 0 Å². The van der Waals surface area contributed by atoms with Crippen molar-refractivity contribution in [2.45, 2.75) is 26.3 Å². The van der Waals surface area contributed by atoms with E-state index in [0.29, 0.717) is 0 Å². The normalized spacial score (nSPS) is 12.4. The van der Waals surface area contributed by atoms with Crippen LogP contribution in [0.3, 0.4) is 0 Å². The van der Waals surface area contributed by atoms with E-state index in [1.807, 2.05) is 13.1 Å². The zero-order valence-electron chi connectivity index (χ0n) is 12.0. The van der Waals surface area contributed by atoms with Gasteiger partial charge in [0, 0.05) is 9.61 Å². The lowest BCUT2D eigenvalue weighted by Crippen LogP contribution is -2.20. The van der Waals surface area contributed by atoms with Gasteiger partial charge >= 0.3 is 0 Å². The van der Waals surface area contributed by atoms with E-state index in [-0.39, 0.29) is 11.9 Å². The Bertz CT molecular complexity index is 590. The number of hydrogen-bond acceptors (Lipinski definition) is 1. The Hall–Kier alpha value is -0.940. The van der Waals surface area contributed by atoms with Gasteiger partial charge in [-0.15, -0.1) is 0 Å². The van der Waals surface area contributed by atoms with Gasteiger partial charge in [0.15, 0.2) is 0 Å². The fourth-order valence-corrected chi connectivity index (χ4v) is 3.43. The summed E-state index contributed by atoms with van der Waals surface area (Å²) in [7, 11) is 1.95. The van der Waals surface area contributed by atoms with E-state index in [1.54, 1.807) is 6.07 Å². The van der Waals surface area contributed by atoms with Crippen LogP contribution in [0, 0.1) is 23.2 Å². The standard InChI is InChI=1S/C17H19FIN/c1-11-6-12(2)8-13(7-11)9-17(20-3)15-5-4-14(18)10-16(15)19/h4-8,10,17,20H,9H2,1-3H3. The van der Waals surface area contributed by atoms with Crippen molar-refractivity contribution in [2.24, 2.45) is 0 Å². The first-order valence-corrected chi connectivity index (χ1v) is 7.77. The van der Waals surface area contributed by atoms with E-state index < -0.39 is 0 Å². The van der Waals surface area contributed by atoms with Crippen LogP contribution in [0.5, 0.6) is 0 Å². The molecule has 3 heteroatoms. The summed E-state index contributed by atoms with van der Waals surface area (Å²) in [6.07, 6.45) is 0.903. The molecule has 0 radical (unpaired) electrons. The maximum atomic E-state index is 13.2. The van der Waals surface area contributed by atoms with Gasteiger partial charge in [-0.2, -0.15) is 0 Å². The minimum Gasteiger partial charge on any atom is -0.313 e. The summed E-state index contributed by atoms with van der Waals surface area (Å²) in [5.74, 6) is -0.181. The van der Waals surface area contributed by atoms with Crippen molar-refractivity contribution in [3.05, 3.63) is 68.0 Å². The number of nitrogens with one attached hydrogen (secondary N) is 1. The van der Waals surface area contributed by atoms with Crippen LogP contribution in [0.1, 0.15) is 28.3 Å². The third kappa shape index (κ3) is 3.79. The van der Waals surface area contributed by atoms with Gasteiger partial charge in [0.25, 0.3) is 0 Å². The quantitative estimate of drug-likeness (QED) is 0.764. The highest BCUT2D eigenvalue weighted by molar-refractivity contribution is 14.1. The lowest BCUT2D eigenvalue weighted by atomic mass is 9.96. The van der Waals surface area contributed by atoms with Crippen LogP contribution < -0.4 is 5.32 Å². The first kappa shape index (κ1) is 15.4. The fourth-order valence-electron chi connectivity index (χ4n) is 2.57. The van der Waals surface area contributed by atoms with Gasteiger partial charge in [0.1, 0.15) is 5.82 Å². The Kier molecular flexibility index (Phi) is 5.16. The maximum absolute atomic E-state index is 13.2. The maximum Gasteiger partial charge on any atom is 0.124 e. The molecule has 0 aliphatic rings. The molecule has 0 spiro atoms. The topological polar surface area (TPSA) is 12.0 Å². The number of aryl methyl sites for hydroxylation is 2. The summed E-state index contributed by atoms with van der Waals surface area (Å²) in [6, 6.07) is 11.8. The molecule has 0 bridgehead atoms. The second kappa shape index (κ2) is 6.68. The highest BCUT2D eigenvalue weighted by atomic mass is 127. The Morgan fingerprint density at radius 1 is 1.10 bits per heavy atom. The molecule has 0 aliphatic heterocycles. The van der Waals surface area contributed by atoms with Gasteiger partial charge in [-0.3, -0.25) is 0 Å². The average molecular weight is 383 g/mol. The van der Waals surface area contributed by atoms with Gasteiger partial charge in [-0.1, -0.05) is 35.4 Å². The van der Waals surface area contributed by atoms with E-state index in [1.165, 1.54) is 22.8 Å². The van der Waals surface area contributed by atoms with Gasteiger partial charge in [-0.25, -0.2) is 4.39 Å². The Balaban J connectivity index is 2.28. The highest BCUT2D eigenvalue weighted by Crippen LogP contribution is 2.25. The molecule has 0 fully saturated rings. The number of rotatable bonds is 4. The van der Waals surface area contributed by atoms with Gasteiger partial charge in [0.2, 0.25) is 0 Å². The predicted molar refractivity (Wildman–Crippen MR) is 90.5 cm³/mol. The first-order valence-electron chi connectivity index (χ1n) is 6.69. The van der Waals surface area contributed by atoms with Crippen LogP contribution in [-0.4, -0.2) is 7.05 Å². The summed E-state index contributed by atoms with van der Waals surface area (Å²) in [5, 5.41) is 3.34.